The fraction of sp³-hybridized carbons (Fsp3) is 0.424. The van der Waals surface area contributed by atoms with Crippen molar-refractivity contribution in [2.75, 3.05) is 19.6 Å². The molecule has 5 rings (SSSR count). The highest BCUT2D eigenvalue weighted by atomic mass is 19.4. The van der Waals surface area contributed by atoms with Crippen LogP contribution in [-0.2, 0) is 12.7 Å². The van der Waals surface area contributed by atoms with Gasteiger partial charge in [0.25, 0.3) is 5.91 Å². The molecule has 1 amide bonds. The number of nitrogens with zero attached hydrogens (tertiary/aromatic N) is 2. The molecule has 1 saturated carbocycles. The molecular formula is C33H37F3N2O. The van der Waals surface area contributed by atoms with E-state index in [-0.39, 0.29) is 30.3 Å². The van der Waals surface area contributed by atoms with Crippen LogP contribution in [0.15, 0.2) is 78.9 Å². The lowest BCUT2D eigenvalue weighted by Gasteiger charge is -2.37. The van der Waals surface area contributed by atoms with Gasteiger partial charge in [-0.25, -0.2) is 0 Å². The highest BCUT2D eigenvalue weighted by molar-refractivity contribution is 5.94. The van der Waals surface area contributed by atoms with E-state index in [1.165, 1.54) is 29.7 Å². The van der Waals surface area contributed by atoms with E-state index in [9.17, 15) is 18.0 Å². The first kappa shape index (κ1) is 27.4. The average molecular weight is 535 g/mol. The molecule has 3 aromatic carbocycles. The lowest BCUT2D eigenvalue weighted by atomic mass is 9.85. The summed E-state index contributed by atoms with van der Waals surface area (Å²) in [6.45, 7) is 4.26. The molecule has 6 heteroatoms. The van der Waals surface area contributed by atoms with Crippen molar-refractivity contribution in [3.8, 4) is 0 Å². The molecule has 3 nitrogen and oxygen atoms in total. The smallest absolute Gasteiger partial charge is 0.335 e. The van der Waals surface area contributed by atoms with Crippen LogP contribution >= 0.6 is 0 Å². The van der Waals surface area contributed by atoms with E-state index in [0.717, 1.165) is 25.7 Å². The molecule has 2 aliphatic rings. The Balaban J connectivity index is 1.45. The van der Waals surface area contributed by atoms with Gasteiger partial charge < -0.3 is 4.90 Å². The number of hydrogen-bond donors (Lipinski definition) is 0. The summed E-state index contributed by atoms with van der Waals surface area (Å²) in [5.41, 5.74) is 2.85. The van der Waals surface area contributed by atoms with Gasteiger partial charge in [0.1, 0.15) is 0 Å². The number of likely N-dealkylation sites (tertiary alicyclic amines) is 1. The molecule has 0 spiro atoms. The van der Waals surface area contributed by atoms with Crippen molar-refractivity contribution in [1.29, 1.82) is 0 Å². The summed E-state index contributed by atoms with van der Waals surface area (Å²) in [6.07, 6.45) is 1.06. The van der Waals surface area contributed by atoms with Crippen LogP contribution in [0.2, 0.25) is 0 Å². The van der Waals surface area contributed by atoms with Gasteiger partial charge in [-0.1, -0.05) is 79.9 Å². The Morgan fingerprint density at radius 2 is 1.54 bits per heavy atom. The second-order valence-electron chi connectivity index (χ2n) is 11.2. The van der Waals surface area contributed by atoms with E-state index in [4.69, 9.17) is 0 Å². The second kappa shape index (κ2) is 12.0. The third kappa shape index (κ3) is 6.38. The molecule has 2 fully saturated rings. The van der Waals surface area contributed by atoms with Crippen LogP contribution in [0.4, 0.5) is 13.2 Å². The Hall–Kier alpha value is -3.12. The predicted molar refractivity (Wildman–Crippen MR) is 148 cm³/mol. The summed E-state index contributed by atoms with van der Waals surface area (Å²) in [5, 5.41) is 0. The van der Waals surface area contributed by atoms with Crippen molar-refractivity contribution >= 4 is 5.91 Å². The molecular weight excluding hydrogens is 497 g/mol. The minimum atomic E-state index is -4.38. The van der Waals surface area contributed by atoms with Crippen molar-refractivity contribution in [2.45, 2.75) is 63.7 Å². The van der Waals surface area contributed by atoms with E-state index >= 15 is 0 Å². The van der Waals surface area contributed by atoms with Gasteiger partial charge in [0.2, 0.25) is 0 Å². The maximum absolute atomic E-state index is 13.9. The molecule has 0 bridgehead atoms. The molecule has 2 unspecified atom stereocenters. The summed E-state index contributed by atoms with van der Waals surface area (Å²) >= 11 is 0. The standard InChI is InChI=1S/C33H37F3N2O/c1-24-12-8-10-18-29(24)30-23-37(20-26-15-9-11-19-31(26)33(34,35)36)21-27(30)22-38(28-16-6-3-7-17-28)32(39)25-13-4-2-5-14-25/h2,4-5,8-15,18-19,27-28,30H,3,6-7,16-17,20-23H2,1H3. The molecule has 3 aromatic rings. The van der Waals surface area contributed by atoms with Crippen LogP contribution in [0.5, 0.6) is 0 Å². The first-order chi connectivity index (χ1) is 18.8. The minimum absolute atomic E-state index is 0.0619. The SMILES string of the molecule is Cc1ccccc1C1CN(Cc2ccccc2C(F)(F)F)CC1CN(C(=O)c1ccccc1)C1CCCCC1. The Kier molecular flexibility index (Phi) is 8.41. The van der Waals surface area contributed by atoms with E-state index in [0.29, 0.717) is 30.8 Å². The van der Waals surface area contributed by atoms with Gasteiger partial charge in [0.05, 0.1) is 5.56 Å². The number of aryl methyl sites for hydroxylation is 1. The fourth-order valence-electron chi connectivity index (χ4n) is 6.60. The van der Waals surface area contributed by atoms with E-state index in [1.54, 1.807) is 12.1 Å². The van der Waals surface area contributed by atoms with E-state index in [1.807, 2.05) is 42.5 Å². The monoisotopic (exact) mass is 534 g/mol. The van der Waals surface area contributed by atoms with Crippen LogP contribution in [0.1, 0.15) is 70.6 Å². The van der Waals surface area contributed by atoms with Gasteiger partial charge >= 0.3 is 6.18 Å². The van der Waals surface area contributed by atoms with Crippen molar-refractivity contribution in [3.05, 3.63) is 107 Å². The Morgan fingerprint density at radius 3 is 2.26 bits per heavy atom. The zero-order valence-corrected chi connectivity index (χ0v) is 22.5. The number of carbonyl (C=O) groups is 1. The fourth-order valence-corrected chi connectivity index (χ4v) is 6.60. The van der Waals surface area contributed by atoms with Crippen LogP contribution in [0.25, 0.3) is 0 Å². The number of alkyl halides is 3. The number of amides is 1. The predicted octanol–water partition coefficient (Wildman–Crippen LogP) is 7.70. The third-order valence-corrected chi connectivity index (χ3v) is 8.55. The molecule has 1 aliphatic heterocycles. The lowest BCUT2D eigenvalue weighted by Crippen LogP contribution is -2.45. The summed E-state index contributed by atoms with van der Waals surface area (Å²) in [5.74, 6) is 0.324. The molecule has 0 N–H and O–H groups in total. The zero-order valence-electron chi connectivity index (χ0n) is 22.5. The van der Waals surface area contributed by atoms with E-state index < -0.39 is 11.7 Å². The van der Waals surface area contributed by atoms with E-state index in [2.05, 4.69) is 28.9 Å². The number of hydrogen-bond acceptors (Lipinski definition) is 2. The van der Waals surface area contributed by atoms with Gasteiger partial charge in [0.15, 0.2) is 0 Å². The summed E-state index contributed by atoms with van der Waals surface area (Å²) in [4.78, 5) is 18.1. The Bertz CT molecular complexity index is 1250. The van der Waals surface area contributed by atoms with Crippen LogP contribution in [-0.4, -0.2) is 41.4 Å². The number of halogens is 3. The molecule has 1 heterocycles. The second-order valence-corrected chi connectivity index (χ2v) is 11.2. The zero-order chi connectivity index (χ0) is 27.4. The van der Waals surface area contributed by atoms with Gasteiger partial charge in [-0.2, -0.15) is 13.2 Å². The van der Waals surface area contributed by atoms with Crippen molar-refractivity contribution < 1.29 is 18.0 Å². The minimum Gasteiger partial charge on any atom is -0.335 e. The molecule has 1 saturated heterocycles. The first-order valence-corrected chi connectivity index (χ1v) is 14.1. The molecule has 39 heavy (non-hydrogen) atoms. The molecule has 0 aromatic heterocycles. The van der Waals surface area contributed by atoms with Crippen molar-refractivity contribution in [2.24, 2.45) is 5.92 Å². The molecule has 206 valence electrons. The average Bonchev–Trinajstić information content (AvgIpc) is 3.34. The quantitative estimate of drug-likeness (QED) is 0.310. The maximum Gasteiger partial charge on any atom is 0.416 e. The van der Waals surface area contributed by atoms with Crippen molar-refractivity contribution in [3.63, 3.8) is 0 Å². The van der Waals surface area contributed by atoms with Crippen molar-refractivity contribution in [1.82, 2.24) is 9.80 Å². The third-order valence-electron chi connectivity index (χ3n) is 8.55. The Labute approximate surface area is 229 Å². The lowest BCUT2D eigenvalue weighted by molar-refractivity contribution is -0.138. The van der Waals surface area contributed by atoms with Gasteiger partial charge in [-0.15, -0.1) is 0 Å². The highest BCUT2D eigenvalue weighted by Gasteiger charge is 2.39. The number of carbonyl (C=O) groups excluding carboxylic acids is 1. The highest BCUT2D eigenvalue weighted by Crippen LogP contribution is 2.39. The number of rotatable bonds is 7. The number of benzene rings is 3. The Morgan fingerprint density at radius 1 is 0.872 bits per heavy atom. The van der Waals surface area contributed by atoms with Gasteiger partial charge in [0, 0.05) is 43.7 Å². The summed E-state index contributed by atoms with van der Waals surface area (Å²) in [6, 6.07) is 23.9. The van der Waals surface area contributed by atoms with Crippen LogP contribution in [0.3, 0.4) is 0 Å². The normalized spacial score (nSPS) is 20.7. The van der Waals surface area contributed by atoms with Gasteiger partial charge in [-0.05, 0) is 60.6 Å². The first-order valence-electron chi connectivity index (χ1n) is 14.1. The van der Waals surface area contributed by atoms with Gasteiger partial charge in [-0.3, -0.25) is 9.69 Å². The van der Waals surface area contributed by atoms with Crippen LogP contribution < -0.4 is 0 Å². The topological polar surface area (TPSA) is 23.6 Å². The summed E-state index contributed by atoms with van der Waals surface area (Å²) < 4.78 is 41.3. The molecule has 2 atom stereocenters. The maximum atomic E-state index is 13.9. The van der Waals surface area contributed by atoms with Crippen LogP contribution in [0, 0.1) is 12.8 Å². The summed E-state index contributed by atoms with van der Waals surface area (Å²) in [7, 11) is 0. The molecule has 0 radical (unpaired) electrons. The molecule has 1 aliphatic carbocycles. The largest absolute Gasteiger partial charge is 0.416 e.